The van der Waals surface area contributed by atoms with Crippen molar-refractivity contribution in [2.45, 2.75) is 0 Å². The van der Waals surface area contributed by atoms with Gasteiger partial charge in [-0.2, -0.15) is 10.5 Å². The number of hydrogen-bond donors (Lipinski definition) is 0. The second-order valence-electron chi connectivity index (χ2n) is 8.49. The van der Waals surface area contributed by atoms with Gasteiger partial charge in [0.15, 0.2) is 0 Å². The Bertz CT molecular complexity index is 1700. The maximum Gasteiger partial charge on any atom is 0.101 e. The molecule has 0 aromatic heterocycles. The van der Waals surface area contributed by atoms with Crippen LogP contribution in [0, 0.1) is 22.7 Å². The third-order valence-electron chi connectivity index (χ3n) is 6.47. The number of fused-ring (bicyclic) bond motifs is 3. The zero-order valence-corrected chi connectivity index (χ0v) is 18.3. The molecule has 0 amide bonds. The van der Waals surface area contributed by atoms with Crippen molar-refractivity contribution in [3.63, 3.8) is 0 Å². The van der Waals surface area contributed by atoms with E-state index in [0.29, 0.717) is 11.1 Å². The lowest BCUT2D eigenvalue weighted by molar-refractivity contribution is 1.44. The van der Waals surface area contributed by atoms with E-state index in [1.54, 1.807) is 0 Å². The molecule has 6 rings (SSSR count). The highest BCUT2D eigenvalue weighted by Gasteiger charge is 2.13. The third-order valence-corrected chi connectivity index (χ3v) is 6.47. The van der Waals surface area contributed by atoms with Gasteiger partial charge >= 0.3 is 0 Å². The Hall–Kier alpha value is -4.92. The van der Waals surface area contributed by atoms with Gasteiger partial charge in [-0.3, -0.25) is 0 Å². The second-order valence-corrected chi connectivity index (χ2v) is 8.49. The molecule has 0 aliphatic heterocycles. The van der Waals surface area contributed by atoms with Crippen molar-refractivity contribution in [3.8, 4) is 34.4 Å². The van der Waals surface area contributed by atoms with Crippen LogP contribution in [0.5, 0.6) is 0 Å². The fourth-order valence-electron chi connectivity index (χ4n) is 4.73. The van der Waals surface area contributed by atoms with Crippen molar-refractivity contribution in [3.05, 3.63) is 120 Å². The summed E-state index contributed by atoms with van der Waals surface area (Å²) >= 11 is 0. The number of hydrogen-bond acceptors (Lipinski definition) is 2. The van der Waals surface area contributed by atoms with Gasteiger partial charge in [-0.1, -0.05) is 72.8 Å². The average molecular weight is 431 g/mol. The lowest BCUT2D eigenvalue weighted by atomic mass is 9.89. The first-order valence-corrected chi connectivity index (χ1v) is 11.1. The summed E-state index contributed by atoms with van der Waals surface area (Å²) in [4.78, 5) is 0. The zero-order chi connectivity index (χ0) is 23.1. The largest absolute Gasteiger partial charge is 0.192 e. The van der Waals surface area contributed by atoms with E-state index in [1.165, 1.54) is 21.5 Å². The van der Waals surface area contributed by atoms with Gasteiger partial charge in [0.25, 0.3) is 0 Å². The second kappa shape index (κ2) is 7.89. The van der Waals surface area contributed by atoms with Crippen LogP contribution in [-0.2, 0) is 0 Å². The molecule has 156 valence electrons. The summed E-state index contributed by atoms with van der Waals surface area (Å²) in [6.45, 7) is 0. The van der Waals surface area contributed by atoms with Crippen LogP contribution >= 0.6 is 0 Å². The predicted molar refractivity (Wildman–Crippen MR) is 139 cm³/mol. The van der Waals surface area contributed by atoms with Gasteiger partial charge < -0.3 is 0 Å². The molecule has 34 heavy (non-hydrogen) atoms. The third kappa shape index (κ3) is 3.27. The highest BCUT2D eigenvalue weighted by molar-refractivity contribution is 6.00. The van der Waals surface area contributed by atoms with Crippen LogP contribution in [0.2, 0.25) is 0 Å². The van der Waals surface area contributed by atoms with Crippen molar-refractivity contribution in [2.24, 2.45) is 0 Å². The van der Waals surface area contributed by atoms with Gasteiger partial charge in [0.2, 0.25) is 0 Å². The SMILES string of the molecule is N#Cc1cc2cc(-c3ccc4ccccc4c3)c(-c3ccc4ccccc4c3)cc2cc1C#N. The molecule has 0 aliphatic rings. The van der Waals surface area contributed by atoms with E-state index in [0.717, 1.165) is 33.0 Å². The minimum absolute atomic E-state index is 0.401. The normalized spacial score (nSPS) is 10.9. The van der Waals surface area contributed by atoms with Crippen LogP contribution in [0.4, 0.5) is 0 Å². The molecule has 0 fully saturated rings. The smallest absolute Gasteiger partial charge is 0.101 e. The average Bonchev–Trinajstić information content (AvgIpc) is 2.91. The van der Waals surface area contributed by atoms with Gasteiger partial charge in [-0.15, -0.1) is 0 Å². The summed E-state index contributed by atoms with van der Waals surface area (Å²) in [7, 11) is 0. The standard InChI is InChI=1S/C32H18N2/c33-19-29-15-27-17-31(25-11-9-21-5-1-3-7-23(21)13-25)32(18-28(27)16-30(29)20-34)26-12-10-22-6-2-4-8-24(22)14-26/h1-18H. The molecule has 0 bridgehead atoms. The van der Waals surface area contributed by atoms with Crippen molar-refractivity contribution in [1.82, 2.24) is 0 Å². The molecule has 0 radical (unpaired) electrons. The maximum absolute atomic E-state index is 9.55. The molecule has 0 saturated carbocycles. The molecule has 2 nitrogen and oxygen atoms in total. The Balaban J connectivity index is 1.67. The fraction of sp³-hybridized carbons (Fsp3) is 0. The Morgan fingerprint density at radius 3 is 1.21 bits per heavy atom. The molecule has 0 saturated heterocycles. The van der Waals surface area contributed by atoms with Crippen LogP contribution in [-0.4, -0.2) is 0 Å². The lowest BCUT2D eigenvalue weighted by Crippen LogP contribution is -1.90. The van der Waals surface area contributed by atoms with Crippen molar-refractivity contribution < 1.29 is 0 Å². The summed E-state index contributed by atoms with van der Waals surface area (Å²) in [5, 5.41) is 25.7. The van der Waals surface area contributed by atoms with Gasteiger partial charge in [0.05, 0.1) is 11.1 Å². The van der Waals surface area contributed by atoms with Crippen LogP contribution in [0.15, 0.2) is 109 Å². The Kier molecular flexibility index (Phi) is 4.58. The first-order valence-electron chi connectivity index (χ1n) is 11.1. The molecule has 6 aromatic rings. The number of nitriles is 2. The van der Waals surface area contributed by atoms with Crippen LogP contribution < -0.4 is 0 Å². The molecular weight excluding hydrogens is 412 g/mol. The first-order chi connectivity index (χ1) is 16.7. The fourth-order valence-corrected chi connectivity index (χ4v) is 4.73. The topological polar surface area (TPSA) is 47.6 Å². The van der Waals surface area contributed by atoms with E-state index in [9.17, 15) is 10.5 Å². The summed E-state index contributed by atoms with van der Waals surface area (Å²) in [5.41, 5.74) is 5.23. The van der Waals surface area contributed by atoms with E-state index in [-0.39, 0.29) is 0 Å². The minimum Gasteiger partial charge on any atom is -0.192 e. The highest BCUT2D eigenvalue weighted by atomic mass is 14.3. The van der Waals surface area contributed by atoms with Gasteiger partial charge in [0.1, 0.15) is 12.1 Å². The number of benzene rings is 6. The summed E-state index contributed by atoms with van der Waals surface area (Å²) in [5.74, 6) is 0. The molecule has 0 unspecified atom stereocenters. The first kappa shape index (κ1) is 19.7. The van der Waals surface area contributed by atoms with Crippen LogP contribution in [0.3, 0.4) is 0 Å². The van der Waals surface area contributed by atoms with Crippen molar-refractivity contribution >= 4 is 32.3 Å². The summed E-state index contributed by atoms with van der Waals surface area (Å²) < 4.78 is 0. The number of rotatable bonds is 2. The summed E-state index contributed by atoms with van der Waals surface area (Å²) in [6, 6.07) is 42.0. The minimum atomic E-state index is 0.401. The lowest BCUT2D eigenvalue weighted by Gasteiger charge is -2.15. The molecule has 0 heterocycles. The van der Waals surface area contributed by atoms with Crippen LogP contribution in [0.25, 0.3) is 54.6 Å². The highest BCUT2D eigenvalue weighted by Crippen LogP contribution is 2.38. The molecule has 0 atom stereocenters. The van der Waals surface area contributed by atoms with Gasteiger partial charge in [-0.25, -0.2) is 0 Å². The van der Waals surface area contributed by atoms with Gasteiger partial charge in [0, 0.05) is 0 Å². The van der Waals surface area contributed by atoms with Crippen LogP contribution in [0.1, 0.15) is 11.1 Å². The van der Waals surface area contributed by atoms with E-state index < -0.39 is 0 Å². The zero-order valence-electron chi connectivity index (χ0n) is 18.3. The van der Waals surface area contributed by atoms with Crippen molar-refractivity contribution in [1.29, 1.82) is 10.5 Å². The van der Waals surface area contributed by atoms with Gasteiger partial charge in [-0.05, 0) is 91.0 Å². The Labute approximate surface area is 197 Å². The molecular formula is C32H18N2. The summed E-state index contributed by atoms with van der Waals surface area (Å²) in [6.07, 6.45) is 0. The van der Waals surface area contributed by atoms with E-state index in [1.807, 2.05) is 12.1 Å². The molecule has 6 aromatic carbocycles. The molecule has 2 heteroatoms. The molecule has 0 N–H and O–H groups in total. The van der Waals surface area contributed by atoms with Crippen molar-refractivity contribution in [2.75, 3.05) is 0 Å². The van der Waals surface area contributed by atoms with E-state index in [2.05, 4.69) is 109 Å². The van der Waals surface area contributed by atoms with E-state index in [4.69, 9.17) is 0 Å². The Morgan fingerprint density at radius 2 is 0.794 bits per heavy atom. The Morgan fingerprint density at radius 1 is 0.382 bits per heavy atom. The molecule has 0 aliphatic carbocycles. The maximum atomic E-state index is 9.55. The van der Waals surface area contributed by atoms with E-state index >= 15 is 0 Å². The monoisotopic (exact) mass is 430 g/mol. The molecule has 0 spiro atoms. The number of nitrogens with zero attached hydrogens (tertiary/aromatic N) is 2. The predicted octanol–water partition coefficient (Wildman–Crippen LogP) is 8.22. The quantitative estimate of drug-likeness (QED) is 0.278.